The van der Waals surface area contributed by atoms with Gasteiger partial charge in [-0.25, -0.2) is 0 Å². The number of aliphatic hydroxyl groups is 5. The average molecular weight is 670 g/mol. The summed E-state index contributed by atoms with van der Waals surface area (Å²) in [4.78, 5) is 12.9. The minimum atomic E-state index is -1.43. The zero-order valence-corrected chi connectivity index (χ0v) is 30.3. The highest BCUT2D eigenvalue weighted by Gasteiger charge is 2.43. The molecule has 1 amide bonds. The van der Waals surface area contributed by atoms with Gasteiger partial charge in [0.2, 0.25) is 5.91 Å². The lowest BCUT2D eigenvalue weighted by molar-refractivity contribution is -0.230. The Hall–Kier alpha value is -1.03. The van der Waals surface area contributed by atoms with Crippen LogP contribution in [0.3, 0.4) is 0 Å². The summed E-state index contributed by atoms with van der Waals surface area (Å²) in [6.07, 6.45) is 26.2. The molecule has 1 rings (SSSR count). The molecule has 1 aliphatic heterocycles. The van der Waals surface area contributed by atoms with Crippen molar-refractivity contribution in [1.82, 2.24) is 5.32 Å². The Kier molecular flexibility index (Phi) is 27.9. The fourth-order valence-corrected chi connectivity index (χ4v) is 6.61. The summed E-state index contributed by atoms with van der Waals surface area (Å²) in [7, 11) is 0. The molecule has 0 saturated carbocycles. The molecule has 1 heterocycles. The Balaban J connectivity index is 2.46. The quantitative estimate of drug-likeness (QED) is 0.0334. The third-order valence-corrected chi connectivity index (χ3v) is 9.83. The number of allylic oxidation sites excluding steroid dienone is 1. The molecule has 1 aliphatic rings. The molecule has 47 heavy (non-hydrogen) atoms. The molecule has 0 bridgehead atoms. The predicted octanol–water partition coefficient (Wildman–Crippen LogP) is 7.41. The second-order valence-electron chi connectivity index (χ2n) is 14.1. The van der Waals surface area contributed by atoms with E-state index in [2.05, 4.69) is 19.2 Å². The molecule has 0 aromatic heterocycles. The van der Waals surface area contributed by atoms with Crippen LogP contribution >= 0.6 is 0 Å². The first kappa shape index (κ1) is 44.0. The molecule has 278 valence electrons. The Labute approximate surface area is 288 Å². The van der Waals surface area contributed by atoms with E-state index in [1.807, 2.05) is 6.08 Å². The van der Waals surface area contributed by atoms with E-state index in [1.54, 1.807) is 6.08 Å². The number of nitrogens with one attached hydrogen (secondary N) is 1. The summed E-state index contributed by atoms with van der Waals surface area (Å²) in [6.45, 7) is 4.01. The number of hydrogen-bond donors (Lipinski definition) is 6. The van der Waals surface area contributed by atoms with Gasteiger partial charge in [-0.3, -0.25) is 4.79 Å². The van der Waals surface area contributed by atoms with Gasteiger partial charge in [0.15, 0.2) is 0 Å². The van der Waals surface area contributed by atoms with Gasteiger partial charge in [-0.15, -0.1) is 0 Å². The second-order valence-corrected chi connectivity index (χ2v) is 14.1. The summed E-state index contributed by atoms with van der Waals surface area (Å²) in [6, 6.07) is -0.573. The Morgan fingerprint density at radius 1 is 0.660 bits per heavy atom. The lowest BCUT2D eigenvalue weighted by Crippen LogP contribution is -2.58. The van der Waals surface area contributed by atoms with Crippen molar-refractivity contribution in [2.24, 2.45) is 0 Å². The van der Waals surface area contributed by atoms with Crippen LogP contribution in [0.4, 0.5) is 0 Å². The fourth-order valence-electron chi connectivity index (χ4n) is 6.61. The molecule has 7 atom stereocenters. The molecule has 0 aromatic carbocycles. The van der Waals surface area contributed by atoms with Gasteiger partial charge in [-0.1, -0.05) is 154 Å². The number of aliphatic hydroxyl groups excluding tert-OH is 5. The van der Waals surface area contributed by atoms with Crippen LogP contribution in [0.5, 0.6) is 0 Å². The molecule has 1 saturated heterocycles. The van der Waals surface area contributed by atoms with Crippen LogP contribution in [0.25, 0.3) is 0 Å². The third kappa shape index (κ3) is 21.6. The van der Waals surface area contributed by atoms with E-state index in [0.717, 1.165) is 32.1 Å². The Bertz CT molecular complexity index is 749. The molecule has 0 spiro atoms. The zero-order valence-electron chi connectivity index (χ0n) is 30.3. The highest BCUT2D eigenvalue weighted by atomic mass is 16.5. The molecule has 1 fully saturated rings. The lowest BCUT2D eigenvalue weighted by atomic mass is 9.91. The normalized spacial score (nSPS) is 22.9. The summed E-state index contributed by atoms with van der Waals surface area (Å²) in [5.74, 6) is -0.0995. The standard InChI is InChI=1S/C39H75NO7/c1-3-5-7-9-11-13-15-16-18-19-21-23-25-27-33(42)32(29-30-34-37(44)39(46)38(45)35(31-41)47-34)40-36(43)28-26-24-22-20-17-14-12-10-8-6-4-2/h25,27,32-35,37-39,41-42,44-46H,3-24,26,28-31H2,1-2H3,(H,40,43)/b27-25+/t32?,33?,34-,35+,37-,38-,39+/m1/s1. The predicted molar refractivity (Wildman–Crippen MR) is 192 cm³/mol. The van der Waals surface area contributed by atoms with Crippen LogP contribution in [0.2, 0.25) is 0 Å². The van der Waals surface area contributed by atoms with Crippen molar-refractivity contribution in [3.63, 3.8) is 0 Å². The molecule has 0 aromatic rings. The van der Waals surface area contributed by atoms with Crippen molar-refractivity contribution in [2.45, 2.75) is 223 Å². The summed E-state index contributed by atoms with van der Waals surface area (Å²) in [5.41, 5.74) is 0. The van der Waals surface area contributed by atoms with Crippen molar-refractivity contribution in [3.8, 4) is 0 Å². The first-order chi connectivity index (χ1) is 22.8. The number of carbonyl (C=O) groups excluding carboxylic acids is 1. The zero-order chi connectivity index (χ0) is 34.5. The number of ether oxygens (including phenoxy) is 1. The van der Waals surface area contributed by atoms with Crippen molar-refractivity contribution in [2.75, 3.05) is 6.61 Å². The average Bonchev–Trinajstić information content (AvgIpc) is 3.07. The summed E-state index contributed by atoms with van der Waals surface area (Å²) < 4.78 is 5.67. The third-order valence-electron chi connectivity index (χ3n) is 9.83. The minimum absolute atomic E-state index is 0.0995. The van der Waals surface area contributed by atoms with E-state index in [1.165, 1.54) is 116 Å². The number of carbonyl (C=O) groups is 1. The lowest BCUT2D eigenvalue weighted by Gasteiger charge is -2.40. The molecule has 8 heteroatoms. The highest BCUT2D eigenvalue weighted by molar-refractivity contribution is 5.76. The monoisotopic (exact) mass is 670 g/mol. The largest absolute Gasteiger partial charge is 0.394 e. The maximum atomic E-state index is 12.9. The Morgan fingerprint density at radius 2 is 1.11 bits per heavy atom. The second kappa shape index (κ2) is 29.8. The van der Waals surface area contributed by atoms with E-state index in [-0.39, 0.29) is 12.3 Å². The first-order valence-electron chi connectivity index (χ1n) is 19.8. The molecule has 6 N–H and O–H groups in total. The van der Waals surface area contributed by atoms with Crippen LogP contribution in [0.1, 0.15) is 181 Å². The van der Waals surface area contributed by atoms with E-state index >= 15 is 0 Å². The van der Waals surface area contributed by atoms with Crippen LogP contribution in [-0.4, -0.2) is 80.7 Å². The number of amides is 1. The van der Waals surface area contributed by atoms with Crippen molar-refractivity contribution in [1.29, 1.82) is 0 Å². The number of unbranched alkanes of at least 4 members (excludes halogenated alkanes) is 21. The van der Waals surface area contributed by atoms with Gasteiger partial charge in [0.05, 0.1) is 24.9 Å². The smallest absolute Gasteiger partial charge is 0.220 e. The molecule has 0 radical (unpaired) electrons. The number of hydrogen-bond acceptors (Lipinski definition) is 7. The SMILES string of the molecule is CCCCCCCCCCCCC/C=C/C(O)C(CC[C@H]1O[C@@H](CO)[C@@H](O)[C@@H](O)[C@@H]1O)NC(=O)CCCCCCCCCCCCC. The van der Waals surface area contributed by atoms with Crippen LogP contribution < -0.4 is 5.32 Å². The first-order valence-corrected chi connectivity index (χ1v) is 19.8. The maximum absolute atomic E-state index is 12.9. The van der Waals surface area contributed by atoms with E-state index < -0.39 is 49.3 Å². The van der Waals surface area contributed by atoms with Gasteiger partial charge >= 0.3 is 0 Å². The minimum Gasteiger partial charge on any atom is -0.394 e. The molecule has 8 nitrogen and oxygen atoms in total. The van der Waals surface area contributed by atoms with E-state index in [9.17, 15) is 30.3 Å². The highest BCUT2D eigenvalue weighted by Crippen LogP contribution is 2.25. The molecular weight excluding hydrogens is 594 g/mol. The van der Waals surface area contributed by atoms with E-state index in [4.69, 9.17) is 4.74 Å². The van der Waals surface area contributed by atoms with Crippen molar-refractivity contribution in [3.05, 3.63) is 12.2 Å². The van der Waals surface area contributed by atoms with Gasteiger partial charge in [-0.05, 0) is 32.1 Å². The summed E-state index contributed by atoms with van der Waals surface area (Å²) in [5, 5.41) is 54.4. The molecule has 2 unspecified atom stereocenters. The number of rotatable bonds is 31. The molecule has 0 aliphatic carbocycles. The van der Waals surface area contributed by atoms with Crippen LogP contribution in [0, 0.1) is 0 Å². The maximum Gasteiger partial charge on any atom is 0.220 e. The Morgan fingerprint density at radius 3 is 1.60 bits per heavy atom. The van der Waals surface area contributed by atoms with E-state index in [0.29, 0.717) is 12.8 Å². The van der Waals surface area contributed by atoms with Crippen molar-refractivity contribution >= 4 is 5.91 Å². The van der Waals surface area contributed by atoms with Crippen molar-refractivity contribution < 1.29 is 35.1 Å². The topological polar surface area (TPSA) is 139 Å². The van der Waals surface area contributed by atoms with Gasteiger partial charge < -0.3 is 35.6 Å². The molecular formula is C39H75NO7. The van der Waals surface area contributed by atoms with Gasteiger partial charge in [0.25, 0.3) is 0 Å². The van der Waals surface area contributed by atoms with Gasteiger partial charge in [0, 0.05) is 6.42 Å². The van der Waals surface area contributed by atoms with Crippen LogP contribution in [0.15, 0.2) is 12.2 Å². The van der Waals surface area contributed by atoms with Gasteiger partial charge in [0.1, 0.15) is 24.4 Å². The summed E-state index contributed by atoms with van der Waals surface area (Å²) >= 11 is 0. The van der Waals surface area contributed by atoms with Gasteiger partial charge in [-0.2, -0.15) is 0 Å². The fraction of sp³-hybridized carbons (Fsp3) is 0.923. The van der Waals surface area contributed by atoms with Crippen LogP contribution in [-0.2, 0) is 9.53 Å².